The first-order valence-corrected chi connectivity index (χ1v) is 16.7. The minimum atomic E-state index is -3.95. The van der Waals surface area contributed by atoms with Crippen molar-refractivity contribution in [2.24, 2.45) is 11.5 Å². The van der Waals surface area contributed by atoms with E-state index < -0.39 is 28.0 Å². The van der Waals surface area contributed by atoms with Gasteiger partial charge in [0.15, 0.2) is 0 Å². The van der Waals surface area contributed by atoms with Crippen molar-refractivity contribution in [2.45, 2.75) is 75.5 Å². The van der Waals surface area contributed by atoms with E-state index >= 15 is 0 Å². The molecule has 2 aliphatic heterocycles. The number of hydrogen-bond donors (Lipinski definition) is 4. The number of halogens is 1. The summed E-state index contributed by atoms with van der Waals surface area (Å²) in [6, 6.07) is 12.0. The van der Waals surface area contributed by atoms with E-state index in [1.165, 1.54) is 4.90 Å². The third-order valence-corrected chi connectivity index (χ3v) is 9.63. The normalized spacial score (nSPS) is 18.4. The Hall–Kier alpha value is -3.03. The number of nitrogens with two attached hydrogens (primary N) is 2. The first-order valence-electron chi connectivity index (χ1n) is 14.7. The minimum Gasteiger partial charge on any atom is -0.350 e. The Morgan fingerprint density at radius 1 is 1.00 bits per heavy atom. The third-order valence-electron chi connectivity index (χ3n) is 8.04. The fourth-order valence-corrected chi connectivity index (χ4v) is 7.18. The first-order chi connectivity index (χ1) is 20.6. The van der Waals surface area contributed by atoms with Crippen molar-refractivity contribution in [3.05, 3.63) is 70.2 Å². The molecule has 2 fully saturated rings. The molecule has 6 N–H and O–H groups in total. The van der Waals surface area contributed by atoms with Gasteiger partial charge in [0.1, 0.15) is 12.1 Å². The van der Waals surface area contributed by atoms with Crippen molar-refractivity contribution >= 4 is 39.3 Å². The van der Waals surface area contributed by atoms with Gasteiger partial charge in [-0.1, -0.05) is 48.0 Å². The minimum absolute atomic E-state index is 0.0131. The molecule has 4 rings (SSSR count). The Morgan fingerprint density at radius 2 is 1.72 bits per heavy atom. The monoisotopic (exact) mass is 632 g/mol. The highest BCUT2D eigenvalue weighted by atomic mass is 35.5. The van der Waals surface area contributed by atoms with Gasteiger partial charge in [0, 0.05) is 50.2 Å². The van der Waals surface area contributed by atoms with Gasteiger partial charge in [-0.3, -0.25) is 14.4 Å². The van der Waals surface area contributed by atoms with Crippen molar-refractivity contribution in [3.63, 3.8) is 0 Å². The number of piperidine rings is 1. The predicted octanol–water partition coefficient (Wildman–Crippen LogP) is 1.62. The van der Waals surface area contributed by atoms with Crippen molar-refractivity contribution < 1.29 is 22.8 Å². The van der Waals surface area contributed by atoms with E-state index in [1.807, 2.05) is 0 Å². The van der Waals surface area contributed by atoms with E-state index in [1.54, 1.807) is 53.4 Å². The Bertz CT molecular complexity index is 1380. The van der Waals surface area contributed by atoms with Crippen LogP contribution in [0.5, 0.6) is 0 Å². The van der Waals surface area contributed by atoms with E-state index in [-0.39, 0.29) is 49.5 Å². The summed E-state index contributed by atoms with van der Waals surface area (Å²) >= 11 is 6.13. The van der Waals surface area contributed by atoms with E-state index in [9.17, 15) is 22.8 Å². The summed E-state index contributed by atoms with van der Waals surface area (Å²) in [5.41, 5.74) is 14.0. The number of carbonyl (C=O) groups is 3. The fourth-order valence-electron chi connectivity index (χ4n) is 5.62. The van der Waals surface area contributed by atoms with Crippen LogP contribution >= 0.6 is 11.6 Å². The van der Waals surface area contributed by atoms with Gasteiger partial charge >= 0.3 is 0 Å². The van der Waals surface area contributed by atoms with Crippen molar-refractivity contribution in [1.29, 1.82) is 0 Å². The van der Waals surface area contributed by atoms with Crippen LogP contribution in [0.25, 0.3) is 0 Å². The average molecular weight is 633 g/mol. The molecular weight excluding hydrogens is 592 g/mol. The summed E-state index contributed by atoms with van der Waals surface area (Å²) in [5, 5.41) is 3.41. The lowest BCUT2D eigenvalue weighted by atomic mass is 10.0. The summed E-state index contributed by atoms with van der Waals surface area (Å²) in [6.07, 6.45) is 2.38. The van der Waals surface area contributed by atoms with Gasteiger partial charge in [-0.15, -0.1) is 0 Å². The predicted molar refractivity (Wildman–Crippen MR) is 165 cm³/mol. The van der Waals surface area contributed by atoms with Gasteiger partial charge in [0.25, 0.3) is 0 Å². The Balaban J connectivity index is 1.46. The van der Waals surface area contributed by atoms with Gasteiger partial charge < -0.3 is 26.6 Å². The second kappa shape index (κ2) is 15.1. The van der Waals surface area contributed by atoms with E-state index in [0.717, 1.165) is 11.1 Å². The molecule has 43 heavy (non-hydrogen) atoms. The molecule has 0 saturated carbocycles. The molecule has 2 aliphatic rings. The van der Waals surface area contributed by atoms with Crippen molar-refractivity contribution in [2.75, 3.05) is 19.6 Å². The van der Waals surface area contributed by atoms with Crippen LogP contribution in [0.3, 0.4) is 0 Å². The number of likely N-dealkylation sites (tertiary alicyclic amines) is 2. The van der Waals surface area contributed by atoms with Crippen LogP contribution < -0.4 is 21.5 Å². The molecule has 2 atom stereocenters. The summed E-state index contributed by atoms with van der Waals surface area (Å²) in [5.74, 6) is -1.34. The molecule has 11 nitrogen and oxygen atoms in total. The summed E-state index contributed by atoms with van der Waals surface area (Å²) < 4.78 is 28.9. The molecule has 13 heteroatoms. The fraction of sp³-hybridized carbons (Fsp3) is 0.500. The van der Waals surface area contributed by atoms with E-state index in [2.05, 4.69) is 10.0 Å². The molecule has 0 aliphatic carbocycles. The highest BCUT2D eigenvalue weighted by Gasteiger charge is 2.38. The Morgan fingerprint density at radius 3 is 2.42 bits per heavy atom. The zero-order valence-corrected chi connectivity index (χ0v) is 25.8. The van der Waals surface area contributed by atoms with Crippen LogP contribution in [0.2, 0.25) is 5.02 Å². The maximum absolute atomic E-state index is 13.9. The molecule has 0 spiro atoms. The molecule has 2 aromatic rings. The topological polar surface area (TPSA) is 168 Å². The molecule has 2 aromatic carbocycles. The van der Waals surface area contributed by atoms with Crippen LogP contribution in [-0.2, 0) is 43.2 Å². The molecule has 0 radical (unpaired) electrons. The lowest BCUT2D eigenvalue weighted by Gasteiger charge is -2.31. The summed E-state index contributed by atoms with van der Waals surface area (Å²) in [6.45, 7) is 1.84. The zero-order valence-electron chi connectivity index (χ0n) is 24.2. The second-order valence-corrected chi connectivity index (χ2v) is 13.4. The molecule has 0 bridgehead atoms. The number of carbonyl (C=O) groups excluding carboxylic acids is 3. The quantitative estimate of drug-likeness (QED) is 0.276. The number of amides is 3. The smallest absolute Gasteiger partial charge is 0.243 e. The number of benzene rings is 2. The maximum Gasteiger partial charge on any atom is 0.243 e. The summed E-state index contributed by atoms with van der Waals surface area (Å²) in [4.78, 5) is 43.3. The van der Waals surface area contributed by atoms with Crippen LogP contribution in [0, 0.1) is 0 Å². The molecule has 3 amide bonds. The van der Waals surface area contributed by atoms with Crippen LogP contribution in [-0.4, -0.2) is 73.7 Å². The van der Waals surface area contributed by atoms with E-state index in [0.29, 0.717) is 55.9 Å². The third kappa shape index (κ3) is 9.23. The SMILES string of the molecule is NCc1ccc(Cl)cc1CNC(=O)C1CCCN1C(=O)C(CCC(=O)N1CCC(N)CC1)NS(=O)(=O)Cc1ccccc1. The van der Waals surface area contributed by atoms with Crippen LogP contribution in [0.4, 0.5) is 0 Å². The van der Waals surface area contributed by atoms with Crippen LogP contribution in [0.1, 0.15) is 55.2 Å². The van der Waals surface area contributed by atoms with Crippen molar-refractivity contribution in [1.82, 2.24) is 19.8 Å². The number of nitrogens with zero attached hydrogens (tertiary/aromatic N) is 2. The lowest BCUT2D eigenvalue weighted by molar-refractivity contribution is -0.140. The average Bonchev–Trinajstić information content (AvgIpc) is 3.48. The first kappa shape index (κ1) is 32.9. The number of nitrogens with one attached hydrogen (secondary N) is 2. The maximum atomic E-state index is 13.9. The number of sulfonamides is 1. The lowest BCUT2D eigenvalue weighted by Crippen LogP contribution is -2.53. The number of rotatable bonds is 12. The molecule has 2 heterocycles. The second-order valence-electron chi connectivity index (χ2n) is 11.2. The molecular formula is C30H41ClN6O5S. The van der Waals surface area contributed by atoms with Gasteiger partial charge in [-0.25, -0.2) is 13.1 Å². The van der Waals surface area contributed by atoms with Crippen molar-refractivity contribution in [3.8, 4) is 0 Å². The molecule has 234 valence electrons. The Kier molecular flexibility index (Phi) is 11.6. The molecule has 2 unspecified atom stereocenters. The number of hydrogen-bond acceptors (Lipinski definition) is 7. The summed E-state index contributed by atoms with van der Waals surface area (Å²) in [7, 11) is -3.95. The highest BCUT2D eigenvalue weighted by Crippen LogP contribution is 2.22. The van der Waals surface area contributed by atoms with Crippen LogP contribution in [0.15, 0.2) is 48.5 Å². The highest BCUT2D eigenvalue weighted by molar-refractivity contribution is 7.88. The molecule has 0 aromatic heterocycles. The molecule has 2 saturated heterocycles. The van der Waals surface area contributed by atoms with Gasteiger partial charge in [0.05, 0.1) is 5.75 Å². The van der Waals surface area contributed by atoms with Gasteiger partial charge in [-0.2, -0.15) is 0 Å². The zero-order chi connectivity index (χ0) is 31.0. The Labute approximate surface area is 258 Å². The standard InChI is InChI=1S/C30H41ClN6O5S/c31-24-9-8-22(18-32)23(17-24)19-34-29(39)27-7-4-14-37(27)30(40)26(10-11-28(38)36-15-12-25(33)13-16-36)35-43(41,42)20-21-5-2-1-3-6-21/h1-3,5-6,8-9,17,25-27,35H,4,7,10-16,18-20,32-33H2,(H,34,39). The van der Waals surface area contributed by atoms with Gasteiger partial charge in [0.2, 0.25) is 27.7 Å². The van der Waals surface area contributed by atoms with Gasteiger partial charge in [-0.05, 0) is 60.9 Å². The largest absolute Gasteiger partial charge is 0.350 e. The van der Waals surface area contributed by atoms with E-state index in [4.69, 9.17) is 23.1 Å².